The lowest BCUT2D eigenvalue weighted by Gasteiger charge is -2.37. The van der Waals surface area contributed by atoms with Gasteiger partial charge >= 0.3 is 7.48 Å². The van der Waals surface area contributed by atoms with Crippen molar-refractivity contribution in [2.24, 2.45) is 7.05 Å². The number of aromatic nitrogens is 2. The van der Waals surface area contributed by atoms with Crippen molar-refractivity contribution < 1.29 is 14.2 Å². The molecule has 0 fully saturated rings. The largest absolute Gasteiger partial charge is 0.426 e. The molecule has 6 heteroatoms. The van der Waals surface area contributed by atoms with Crippen LogP contribution in [0.4, 0.5) is 4.39 Å². The van der Waals surface area contributed by atoms with Crippen LogP contribution in [-0.4, -0.2) is 33.6 Å². The molecule has 1 radical (unpaired) electrons. The van der Waals surface area contributed by atoms with Gasteiger partial charge in [-0.3, -0.25) is 4.68 Å². The van der Waals surface area contributed by atoms with E-state index < -0.39 is 11.2 Å². The summed E-state index contributed by atoms with van der Waals surface area (Å²) in [5.74, 6) is -0.287. The van der Waals surface area contributed by atoms with Gasteiger partial charge in [-0.25, -0.2) is 4.39 Å². The van der Waals surface area contributed by atoms with Gasteiger partial charge in [0.25, 0.3) is 0 Å². The molecule has 0 atom stereocenters. The molecule has 0 bridgehead atoms. The van der Waals surface area contributed by atoms with Crippen molar-refractivity contribution in [2.45, 2.75) is 38.9 Å². The lowest BCUT2D eigenvalue weighted by Crippen LogP contribution is -2.49. The number of hydrogen-bond acceptors (Lipinski definition) is 3. The molecule has 1 aromatic carbocycles. The van der Waals surface area contributed by atoms with E-state index >= 15 is 0 Å². The molecular formula is C16H21BFN2O2. The van der Waals surface area contributed by atoms with Gasteiger partial charge < -0.3 is 9.76 Å². The number of nitrogens with zero attached hydrogens (tertiary/aromatic N) is 2. The van der Waals surface area contributed by atoms with Crippen LogP contribution in [-0.2, 0) is 11.7 Å². The average molecular weight is 303 g/mol. The van der Waals surface area contributed by atoms with Gasteiger partial charge in [-0.1, -0.05) is 0 Å². The number of aliphatic hydroxyl groups is 1. The van der Waals surface area contributed by atoms with Crippen molar-refractivity contribution in [1.82, 2.24) is 9.78 Å². The number of aryl methyl sites for hydroxylation is 1. The molecule has 0 aliphatic rings. The van der Waals surface area contributed by atoms with Crippen molar-refractivity contribution in [3.63, 3.8) is 0 Å². The number of halogens is 1. The lowest BCUT2D eigenvalue weighted by atomic mass is 9.82. The summed E-state index contributed by atoms with van der Waals surface area (Å²) in [5.41, 5.74) is 0.517. The summed E-state index contributed by atoms with van der Waals surface area (Å²) in [6, 6.07) is 6.15. The molecule has 0 saturated carbocycles. The van der Waals surface area contributed by atoms with Crippen LogP contribution in [0.15, 0.2) is 30.5 Å². The second-order valence-corrected chi connectivity index (χ2v) is 6.42. The molecule has 0 saturated heterocycles. The van der Waals surface area contributed by atoms with E-state index in [4.69, 9.17) is 4.65 Å². The third-order valence-electron chi connectivity index (χ3n) is 3.93. The highest BCUT2D eigenvalue weighted by atomic mass is 19.1. The summed E-state index contributed by atoms with van der Waals surface area (Å²) in [7, 11) is 3.40. The zero-order valence-electron chi connectivity index (χ0n) is 13.6. The van der Waals surface area contributed by atoms with Crippen LogP contribution in [0.25, 0.3) is 11.3 Å². The van der Waals surface area contributed by atoms with Gasteiger partial charge in [0.1, 0.15) is 5.82 Å². The van der Waals surface area contributed by atoms with Crippen LogP contribution in [0.1, 0.15) is 27.7 Å². The standard InChI is InChI=1S/C16H21BFN2O2/c1-15(2,21)16(3,4)22-17-13-10-20(5)19-14(13)11-6-8-12(18)9-7-11/h6-10,21H,1-5H3. The van der Waals surface area contributed by atoms with Gasteiger partial charge in [0.05, 0.1) is 16.9 Å². The second kappa shape index (κ2) is 5.86. The Bertz CT molecular complexity index is 645. The first-order chi connectivity index (χ1) is 10.1. The molecule has 2 rings (SSSR count). The maximum atomic E-state index is 13.1. The lowest BCUT2D eigenvalue weighted by molar-refractivity contribution is -0.0893. The Labute approximate surface area is 131 Å². The van der Waals surface area contributed by atoms with E-state index in [0.29, 0.717) is 5.69 Å². The van der Waals surface area contributed by atoms with Gasteiger partial charge in [-0.2, -0.15) is 5.10 Å². The molecule has 0 spiro atoms. The Balaban J connectivity index is 2.24. The summed E-state index contributed by atoms with van der Waals surface area (Å²) in [5, 5.41) is 14.5. The Morgan fingerprint density at radius 1 is 1.18 bits per heavy atom. The van der Waals surface area contributed by atoms with Crippen molar-refractivity contribution in [2.75, 3.05) is 0 Å². The third kappa shape index (κ3) is 3.57. The molecule has 1 aromatic heterocycles. The van der Waals surface area contributed by atoms with Gasteiger partial charge in [0.2, 0.25) is 0 Å². The molecule has 0 unspecified atom stereocenters. The van der Waals surface area contributed by atoms with Crippen LogP contribution in [0, 0.1) is 5.82 Å². The van der Waals surface area contributed by atoms with Crippen molar-refractivity contribution >= 4 is 12.9 Å². The average Bonchev–Trinajstić information content (AvgIpc) is 2.77. The minimum Gasteiger partial charge on any atom is -0.426 e. The molecule has 2 aromatic rings. The van der Waals surface area contributed by atoms with E-state index in [1.54, 1.807) is 38.1 Å². The molecule has 117 valence electrons. The van der Waals surface area contributed by atoms with Crippen LogP contribution >= 0.6 is 0 Å². The van der Waals surface area contributed by atoms with Gasteiger partial charge in [-0.15, -0.1) is 0 Å². The predicted octanol–water partition coefficient (Wildman–Crippen LogP) is 2.04. The summed E-state index contributed by atoms with van der Waals surface area (Å²) in [6.45, 7) is 7.03. The Morgan fingerprint density at radius 2 is 1.77 bits per heavy atom. The molecule has 22 heavy (non-hydrogen) atoms. The van der Waals surface area contributed by atoms with E-state index in [-0.39, 0.29) is 5.82 Å². The normalized spacial score (nSPS) is 12.5. The minimum atomic E-state index is -0.998. The summed E-state index contributed by atoms with van der Waals surface area (Å²) in [6.07, 6.45) is 1.82. The first-order valence-electron chi connectivity index (χ1n) is 7.13. The van der Waals surface area contributed by atoms with Crippen molar-refractivity contribution in [3.05, 3.63) is 36.3 Å². The number of rotatable bonds is 5. The molecule has 0 amide bonds. The molecule has 0 aliphatic carbocycles. The SMILES string of the molecule is Cn1cc([B]OC(C)(C)C(C)(C)O)c(-c2ccc(F)cc2)n1. The van der Waals surface area contributed by atoms with E-state index in [9.17, 15) is 9.50 Å². The number of hydrogen-bond donors (Lipinski definition) is 1. The highest BCUT2D eigenvalue weighted by Crippen LogP contribution is 2.24. The minimum absolute atomic E-state index is 0.287. The van der Waals surface area contributed by atoms with Crippen LogP contribution in [0.2, 0.25) is 0 Å². The van der Waals surface area contributed by atoms with E-state index in [2.05, 4.69) is 5.10 Å². The second-order valence-electron chi connectivity index (χ2n) is 6.42. The van der Waals surface area contributed by atoms with Crippen LogP contribution in [0.3, 0.4) is 0 Å². The maximum absolute atomic E-state index is 13.1. The van der Waals surface area contributed by atoms with Crippen molar-refractivity contribution in [1.29, 1.82) is 0 Å². The quantitative estimate of drug-likeness (QED) is 0.860. The Hall–Kier alpha value is -1.66. The Kier molecular flexibility index (Phi) is 4.45. The molecule has 4 nitrogen and oxygen atoms in total. The topological polar surface area (TPSA) is 47.3 Å². The molecule has 1 N–H and O–H groups in total. The maximum Gasteiger partial charge on any atom is 0.334 e. The molecule has 1 heterocycles. The van der Waals surface area contributed by atoms with Gasteiger partial charge in [-0.05, 0) is 57.4 Å². The predicted molar refractivity (Wildman–Crippen MR) is 85.5 cm³/mol. The van der Waals surface area contributed by atoms with Gasteiger partial charge in [0.15, 0.2) is 0 Å². The van der Waals surface area contributed by atoms with E-state index in [1.807, 2.05) is 27.1 Å². The molecular weight excluding hydrogens is 282 g/mol. The van der Waals surface area contributed by atoms with Crippen LogP contribution < -0.4 is 5.46 Å². The van der Waals surface area contributed by atoms with Crippen LogP contribution in [0.5, 0.6) is 0 Å². The van der Waals surface area contributed by atoms with E-state index in [1.165, 1.54) is 12.1 Å². The first-order valence-corrected chi connectivity index (χ1v) is 7.13. The zero-order chi connectivity index (χ0) is 16.5. The highest BCUT2D eigenvalue weighted by Gasteiger charge is 2.36. The summed E-state index contributed by atoms with van der Waals surface area (Å²) in [4.78, 5) is 0. The first kappa shape index (κ1) is 16.7. The Morgan fingerprint density at radius 3 is 2.32 bits per heavy atom. The fraction of sp³-hybridized carbons (Fsp3) is 0.438. The fourth-order valence-corrected chi connectivity index (χ4v) is 1.78. The van der Waals surface area contributed by atoms with Crippen molar-refractivity contribution in [3.8, 4) is 11.3 Å². The molecule has 0 aliphatic heterocycles. The third-order valence-corrected chi connectivity index (χ3v) is 3.93. The highest BCUT2D eigenvalue weighted by molar-refractivity contribution is 6.49. The monoisotopic (exact) mass is 303 g/mol. The summed E-state index contributed by atoms with van der Waals surface area (Å²) < 4.78 is 20.5. The number of benzene rings is 1. The van der Waals surface area contributed by atoms with Gasteiger partial charge in [0, 0.05) is 18.8 Å². The van der Waals surface area contributed by atoms with E-state index in [0.717, 1.165) is 11.0 Å². The fourth-order valence-electron chi connectivity index (χ4n) is 1.78. The zero-order valence-corrected chi connectivity index (χ0v) is 13.6. The summed E-state index contributed by atoms with van der Waals surface area (Å²) >= 11 is 0. The smallest absolute Gasteiger partial charge is 0.334 e.